The van der Waals surface area contributed by atoms with E-state index in [0.29, 0.717) is 43.7 Å². The van der Waals surface area contributed by atoms with Gasteiger partial charge in [0.2, 0.25) is 11.8 Å². The van der Waals surface area contributed by atoms with Gasteiger partial charge in [-0.2, -0.15) is 10.1 Å². The zero-order valence-electron chi connectivity index (χ0n) is 15.1. The highest BCUT2D eigenvalue weighted by Gasteiger charge is 2.53. The maximum Gasteiger partial charge on any atom is 0.272 e. The predicted molar refractivity (Wildman–Crippen MR) is 93.2 cm³/mol. The summed E-state index contributed by atoms with van der Waals surface area (Å²) < 4.78 is 11.5. The molecule has 0 atom stereocenters. The van der Waals surface area contributed by atoms with Gasteiger partial charge in [0, 0.05) is 25.0 Å². The Hall–Kier alpha value is -2.68. The molecular weight excluding hydrogens is 336 g/mol. The van der Waals surface area contributed by atoms with E-state index in [2.05, 4.69) is 20.2 Å². The summed E-state index contributed by atoms with van der Waals surface area (Å²) in [5.41, 5.74) is -0.371. The van der Waals surface area contributed by atoms with Gasteiger partial charge < -0.3 is 19.3 Å². The zero-order chi connectivity index (χ0) is 18.4. The summed E-state index contributed by atoms with van der Waals surface area (Å²) in [5, 5.41) is 6.62. The molecule has 2 saturated heterocycles. The van der Waals surface area contributed by atoms with Crippen LogP contribution < -0.4 is 9.64 Å². The highest BCUT2D eigenvalue weighted by Crippen LogP contribution is 2.37. The Kier molecular flexibility index (Phi) is 3.83. The van der Waals surface area contributed by atoms with Gasteiger partial charge in [-0.1, -0.05) is 0 Å². The molecule has 0 bridgehead atoms. The number of hydrogen-bond donors (Lipinski definition) is 1. The molecule has 9 nitrogen and oxygen atoms in total. The van der Waals surface area contributed by atoms with Crippen molar-refractivity contribution < 1.29 is 14.3 Å². The fourth-order valence-corrected chi connectivity index (χ4v) is 3.76. The van der Waals surface area contributed by atoms with Crippen molar-refractivity contribution in [1.82, 2.24) is 25.1 Å². The van der Waals surface area contributed by atoms with Crippen LogP contribution in [0.5, 0.6) is 5.88 Å². The van der Waals surface area contributed by atoms with Gasteiger partial charge in [0.15, 0.2) is 0 Å². The second kappa shape index (κ2) is 5.94. The van der Waals surface area contributed by atoms with Gasteiger partial charge in [-0.15, -0.1) is 0 Å². The van der Waals surface area contributed by atoms with Crippen LogP contribution in [-0.2, 0) is 4.74 Å². The molecule has 0 saturated carbocycles. The first-order valence-electron chi connectivity index (χ1n) is 8.51. The van der Waals surface area contributed by atoms with Crippen LogP contribution in [0.3, 0.4) is 0 Å². The molecule has 0 aliphatic carbocycles. The molecule has 2 aromatic heterocycles. The number of aromatic amines is 1. The molecule has 2 aliphatic rings. The van der Waals surface area contributed by atoms with E-state index in [-0.39, 0.29) is 5.91 Å². The molecule has 9 heteroatoms. The van der Waals surface area contributed by atoms with Gasteiger partial charge in [-0.3, -0.25) is 9.89 Å². The summed E-state index contributed by atoms with van der Waals surface area (Å²) in [6.07, 6.45) is 3.26. The van der Waals surface area contributed by atoms with E-state index < -0.39 is 11.2 Å². The number of hydrogen-bond acceptors (Lipinski definition) is 7. The Morgan fingerprint density at radius 1 is 1.23 bits per heavy atom. The Balaban J connectivity index is 1.51. The van der Waals surface area contributed by atoms with Crippen molar-refractivity contribution >= 4 is 11.9 Å². The van der Waals surface area contributed by atoms with Crippen LogP contribution in [0.2, 0.25) is 0 Å². The lowest BCUT2D eigenvalue weighted by Crippen LogP contribution is -2.74. The Bertz CT molecular complexity index is 801. The summed E-state index contributed by atoms with van der Waals surface area (Å²) in [5.74, 6) is 1.07. The SMILES string of the molecule is COc1ccnc(N2CC3(CN(C(=O)c4ccn[nH]4)CC(C)(C)O3)C2)n1. The molecule has 138 valence electrons. The molecular formula is C17H22N6O3. The van der Waals surface area contributed by atoms with Crippen LogP contribution in [0.1, 0.15) is 24.3 Å². The van der Waals surface area contributed by atoms with Crippen molar-refractivity contribution in [3.63, 3.8) is 0 Å². The number of nitrogens with zero attached hydrogens (tertiary/aromatic N) is 5. The number of H-pyrrole nitrogens is 1. The summed E-state index contributed by atoms with van der Waals surface area (Å²) in [4.78, 5) is 25.3. The fraction of sp³-hybridized carbons (Fsp3) is 0.529. The van der Waals surface area contributed by atoms with Gasteiger partial charge in [0.05, 0.1) is 32.3 Å². The summed E-state index contributed by atoms with van der Waals surface area (Å²) in [6.45, 7) is 6.31. The third-order valence-corrected chi connectivity index (χ3v) is 4.63. The lowest BCUT2D eigenvalue weighted by atomic mass is 9.88. The number of aromatic nitrogens is 4. The van der Waals surface area contributed by atoms with E-state index in [1.165, 1.54) is 0 Å². The van der Waals surface area contributed by atoms with Crippen LogP contribution in [0.4, 0.5) is 5.95 Å². The molecule has 1 amide bonds. The lowest BCUT2D eigenvalue weighted by molar-refractivity contribution is -0.198. The van der Waals surface area contributed by atoms with E-state index in [1.54, 1.807) is 31.6 Å². The number of carbonyl (C=O) groups excluding carboxylic acids is 1. The number of morpholine rings is 1. The van der Waals surface area contributed by atoms with Crippen molar-refractivity contribution in [2.75, 3.05) is 38.2 Å². The first-order chi connectivity index (χ1) is 12.4. The average Bonchev–Trinajstić information content (AvgIpc) is 3.12. The molecule has 2 aliphatic heterocycles. The number of anilines is 1. The standard InChI is InChI=1S/C17H22N6O3/c1-16(2)8-22(14(24)12-4-7-19-21-12)9-17(26-16)10-23(11-17)15-18-6-5-13(20-15)25-3/h4-7H,8-11H2,1-3H3,(H,19,21). The molecule has 26 heavy (non-hydrogen) atoms. The topological polar surface area (TPSA) is 96.5 Å². The Morgan fingerprint density at radius 3 is 2.73 bits per heavy atom. The maximum atomic E-state index is 12.8. The van der Waals surface area contributed by atoms with Gasteiger partial charge >= 0.3 is 0 Å². The normalized spacial score (nSPS) is 20.7. The van der Waals surface area contributed by atoms with Crippen molar-refractivity contribution in [3.8, 4) is 5.88 Å². The molecule has 0 unspecified atom stereocenters. The molecule has 2 fully saturated rings. The summed E-state index contributed by atoms with van der Waals surface area (Å²) >= 11 is 0. The first-order valence-corrected chi connectivity index (χ1v) is 8.51. The third-order valence-electron chi connectivity index (χ3n) is 4.63. The highest BCUT2D eigenvalue weighted by molar-refractivity contribution is 5.92. The van der Waals surface area contributed by atoms with Gasteiger partial charge in [-0.25, -0.2) is 4.98 Å². The number of methoxy groups -OCH3 is 1. The van der Waals surface area contributed by atoms with Crippen molar-refractivity contribution in [1.29, 1.82) is 0 Å². The molecule has 2 aromatic rings. The smallest absolute Gasteiger partial charge is 0.272 e. The molecule has 0 radical (unpaired) electrons. The second-order valence-corrected chi connectivity index (χ2v) is 7.43. The van der Waals surface area contributed by atoms with Crippen molar-refractivity contribution in [2.24, 2.45) is 0 Å². The van der Waals surface area contributed by atoms with Gasteiger partial charge in [0.25, 0.3) is 5.91 Å². The van der Waals surface area contributed by atoms with Gasteiger partial charge in [-0.05, 0) is 19.9 Å². The summed E-state index contributed by atoms with van der Waals surface area (Å²) in [7, 11) is 1.58. The van der Waals surface area contributed by atoms with Crippen molar-refractivity contribution in [2.45, 2.75) is 25.0 Å². The first kappa shape index (κ1) is 16.8. The predicted octanol–water partition coefficient (Wildman–Crippen LogP) is 0.718. The Morgan fingerprint density at radius 2 is 2.04 bits per heavy atom. The Labute approximate surface area is 151 Å². The quantitative estimate of drug-likeness (QED) is 0.863. The van der Waals surface area contributed by atoms with E-state index in [1.807, 2.05) is 23.6 Å². The monoisotopic (exact) mass is 358 g/mol. The molecule has 0 aromatic carbocycles. The lowest BCUT2D eigenvalue weighted by Gasteiger charge is -2.57. The number of ether oxygens (including phenoxy) is 2. The summed E-state index contributed by atoms with van der Waals surface area (Å²) in [6, 6.07) is 3.40. The average molecular weight is 358 g/mol. The van der Waals surface area contributed by atoms with E-state index in [0.717, 1.165) is 0 Å². The molecule has 4 heterocycles. The number of nitrogens with one attached hydrogen (secondary N) is 1. The van der Waals surface area contributed by atoms with Gasteiger partial charge in [0.1, 0.15) is 11.3 Å². The minimum Gasteiger partial charge on any atom is -0.481 e. The van der Waals surface area contributed by atoms with Crippen LogP contribution >= 0.6 is 0 Å². The number of amides is 1. The van der Waals surface area contributed by atoms with E-state index >= 15 is 0 Å². The molecule has 1 N–H and O–H groups in total. The second-order valence-electron chi connectivity index (χ2n) is 7.43. The fourth-order valence-electron chi connectivity index (χ4n) is 3.76. The zero-order valence-corrected chi connectivity index (χ0v) is 15.1. The van der Waals surface area contributed by atoms with Crippen LogP contribution in [-0.4, -0.2) is 75.5 Å². The maximum absolute atomic E-state index is 12.8. The number of rotatable bonds is 3. The highest BCUT2D eigenvalue weighted by atomic mass is 16.5. The molecule has 1 spiro atoms. The van der Waals surface area contributed by atoms with Crippen molar-refractivity contribution in [3.05, 3.63) is 30.2 Å². The minimum atomic E-state index is -0.435. The number of carbonyl (C=O) groups is 1. The minimum absolute atomic E-state index is 0.0608. The van der Waals surface area contributed by atoms with E-state index in [4.69, 9.17) is 9.47 Å². The third kappa shape index (κ3) is 2.98. The van der Waals surface area contributed by atoms with Crippen LogP contribution in [0.25, 0.3) is 0 Å². The van der Waals surface area contributed by atoms with Crippen LogP contribution in [0, 0.1) is 0 Å². The molecule has 4 rings (SSSR count). The van der Waals surface area contributed by atoms with E-state index in [9.17, 15) is 4.79 Å². The van der Waals surface area contributed by atoms with Crippen LogP contribution in [0.15, 0.2) is 24.5 Å². The largest absolute Gasteiger partial charge is 0.481 e.